The molecule has 136 valence electrons. The van der Waals surface area contributed by atoms with Crippen molar-refractivity contribution in [3.05, 3.63) is 77.9 Å². The Hall–Kier alpha value is -3.81. The topological polar surface area (TPSA) is 103 Å². The van der Waals surface area contributed by atoms with E-state index in [4.69, 9.17) is 10.5 Å². The van der Waals surface area contributed by atoms with Crippen LogP contribution in [0.3, 0.4) is 0 Å². The molecule has 7 nitrogen and oxygen atoms in total. The number of benzene rings is 2. The fraction of sp³-hybridized carbons (Fsp3) is 0.0526. The van der Waals surface area contributed by atoms with E-state index in [-0.39, 0.29) is 30.1 Å². The second kappa shape index (κ2) is 8.52. The van der Waals surface area contributed by atoms with Gasteiger partial charge in [-0.15, -0.1) is 0 Å². The van der Waals surface area contributed by atoms with E-state index >= 15 is 0 Å². The Morgan fingerprint density at radius 2 is 1.81 bits per heavy atom. The standard InChI is InChI=1S/C19H16FN5O2/c20-14-9-6-13(7-10-14)8-11-17(26)27-12-16-23-18(21)25-19(24-16)22-15-4-2-1-3-5-15/h1-11H,12H2,(H3,21,22,23,24,25)/b11-8+. The van der Waals surface area contributed by atoms with Gasteiger partial charge in [0.1, 0.15) is 5.82 Å². The first kappa shape index (κ1) is 18.0. The number of nitrogens with zero attached hydrogens (tertiary/aromatic N) is 3. The van der Waals surface area contributed by atoms with Crippen LogP contribution in [-0.4, -0.2) is 20.9 Å². The van der Waals surface area contributed by atoms with Crippen molar-refractivity contribution < 1.29 is 13.9 Å². The largest absolute Gasteiger partial charge is 0.454 e. The quantitative estimate of drug-likeness (QED) is 0.511. The molecular formula is C19H16FN5O2. The van der Waals surface area contributed by atoms with Crippen LogP contribution in [0, 0.1) is 5.82 Å². The van der Waals surface area contributed by atoms with Gasteiger partial charge in [-0.05, 0) is 35.9 Å². The van der Waals surface area contributed by atoms with Crippen molar-refractivity contribution in [1.82, 2.24) is 15.0 Å². The van der Waals surface area contributed by atoms with Crippen molar-refractivity contribution in [1.29, 1.82) is 0 Å². The minimum atomic E-state index is -0.587. The van der Waals surface area contributed by atoms with Gasteiger partial charge in [0.15, 0.2) is 12.4 Å². The first-order valence-electron chi connectivity index (χ1n) is 8.01. The van der Waals surface area contributed by atoms with Crippen LogP contribution in [0.4, 0.5) is 22.0 Å². The van der Waals surface area contributed by atoms with Gasteiger partial charge in [-0.2, -0.15) is 15.0 Å². The SMILES string of the molecule is Nc1nc(COC(=O)/C=C/c2ccc(F)cc2)nc(Nc2ccccc2)n1. The predicted molar refractivity (Wildman–Crippen MR) is 99.2 cm³/mol. The molecule has 1 heterocycles. The van der Waals surface area contributed by atoms with Crippen LogP contribution in [0.15, 0.2) is 60.7 Å². The van der Waals surface area contributed by atoms with Crippen LogP contribution in [-0.2, 0) is 16.1 Å². The average molecular weight is 365 g/mol. The molecule has 0 aliphatic rings. The van der Waals surface area contributed by atoms with Crippen molar-refractivity contribution in [2.45, 2.75) is 6.61 Å². The summed E-state index contributed by atoms with van der Waals surface area (Å²) in [7, 11) is 0. The molecule has 0 spiro atoms. The molecule has 8 heteroatoms. The average Bonchev–Trinajstić information content (AvgIpc) is 2.66. The summed E-state index contributed by atoms with van der Waals surface area (Å²) < 4.78 is 17.9. The van der Waals surface area contributed by atoms with E-state index < -0.39 is 5.97 Å². The molecule has 0 aliphatic heterocycles. The Morgan fingerprint density at radius 3 is 2.56 bits per heavy atom. The molecule has 0 saturated carbocycles. The van der Waals surface area contributed by atoms with Gasteiger partial charge in [-0.3, -0.25) is 0 Å². The maximum atomic E-state index is 12.8. The predicted octanol–water partition coefficient (Wildman–Crippen LogP) is 3.09. The molecule has 0 radical (unpaired) electrons. The zero-order valence-corrected chi connectivity index (χ0v) is 14.2. The van der Waals surface area contributed by atoms with Gasteiger partial charge in [0.25, 0.3) is 0 Å². The monoisotopic (exact) mass is 365 g/mol. The highest BCUT2D eigenvalue weighted by Crippen LogP contribution is 2.13. The summed E-state index contributed by atoms with van der Waals surface area (Å²) in [6, 6.07) is 15.0. The highest BCUT2D eigenvalue weighted by Gasteiger charge is 2.07. The molecule has 0 unspecified atom stereocenters. The lowest BCUT2D eigenvalue weighted by atomic mass is 10.2. The van der Waals surface area contributed by atoms with Crippen LogP contribution in [0.2, 0.25) is 0 Å². The van der Waals surface area contributed by atoms with Crippen molar-refractivity contribution in [3.63, 3.8) is 0 Å². The molecule has 27 heavy (non-hydrogen) atoms. The molecule has 3 aromatic rings. The van der Waals surface area contributed by atoms with Gasteiger partial charge in [-0.25, -0.2) is 9.18 Å². The second-order valence-electron chi connectivity index (χ2n) is 5.42. The van der Waals surface area contributed by atoms with Gasteiger partial charge in [0.2, 0.25) is 11.9 Å². The Kier molecular flexibility index (Phi) is 5.68. The van der Waals surface area contributed by atoms with Gasteiger partial charge in [-0.1, -0.05) is 30.3 Å². The molecule has 0 amide bonds. The molecule has 2 aromatic carbocycles. The molecule has 0 bridgehead atoms. The highest BCUT2D eigenvalue weighted by molar-refractivity contribution is 5.86. The Labute approximate surface area is 154 Å². The lowest BCUT2D eigenvalue weighted by molar-refractivity contribution is -0.139. The number of nitrogens with two attached hydrogens (primary N) is 1. The Morgan fingerprint density at radius 1 is 1.07 bits per heavy atom. The van der Waals surface area contributed by atoms with E-state index in [0.29, 0.717) is 5.56 Å². The number of para-hydroxylation sites is 1. The van der Waals surface area contributed by atoms with Gasteiger partial charge in [0.05, 0.1) is 0 Å². The summed E-state index contributed by atoms with van der Waals surface area (Å²) in [5.74, 6) is -0.458. The van der Waals surface area contributed by atoms with Crippen LogP contribution in [0.25, 0.3) is 6.08 Å². The summed E-state index contributed by atoms with van der Waals surface area (Å²) in [6.07, 6.45) is 2.76. The van der Waals surface area contributed by atoms with E-state index in [1.54, 1.807) is 12.1 Å². The van der Waals surface area contributed by atoms with Crippen LogP contribution in [0.5, 0.6) is 0 Å². The molecule has 0 atom stereocenters. The number of ether oxygens (including phenoxy) is 1. The van der Waals surface area contributed by atoms with Crippen LogP contribution < -0.4 is 11.1 Å². The maximum absolute atomic E-state index is 12.8. The van der Waals surface area contributed by atoms with Crippen LogP contribution in [0.1, 0.15) is 11.4 Å². The van der Waals surface area contributed by atoms with Gasteiger partial charge >= 0.3 is 5.97 Å². The van der Waals surface area contributed by atoms with Crippen molar-refractivity contribution >= 4 is 29.6 Å². The third-order valence-corrected chi connectivity index (χ3v) is 3.35. The molecular weight excluding hydrogens is 349 g/mol. The number of halogens is 1. The molecule has 3 N–H and O–H groups in total. The lowest BCUT2D eigenvalue weighted by Gasteiger charge is -2.07. The number of nitrogen functional groups attached to an aromatic ring is 1. The first-order chi connectivity index (χ1) is 13.1. The fourth-order valence-electron chi connectivity index (χ4n) is 2.13. The number of nitrogens with one attached hydrogen (secondary N) is 1. The summed E-state index contributed by atoms with van der Waals surface area (Å²) in [5, 5.41) is 3.00. The number of carbonyl (C=O) groups is 1. The summed E-state index contributed by atoms with van der Waals surface area (Å²) >= 11 is 0. The number of anilines is 3. The zero-order valence-electron chi connectivity index (χ0n) is 14.2. The number of hydrogen-bond acceptors (Lipinski definition) is 7. The van der Waals surface area contributed by atoms with Crippen LogP contribution >= 0.6 is 0 Å². The third kappa shape index (κ3) is 5.60. The van der Waals surface area contributed by atoms with Crippen molar-refractivity contribution in [2.75, 3.05) is 11.1 Å². The van der Waals surface area contributed by atoms with E-state index in [9.17, 15) is 9.18 Å². The fourth-order valence-corrected chi connectivity index (χ4v) is 2.13. The smallest absolute Gasteiger partial charge is 0.331 e. The van der Waals surface area contributed by atoms with Crippen molar-refractivity contribution in [3.8, 4) is 0 Å². The number of hydrogen-bond donors (Lipinski definition) is 2. The van der Waals surface area contributed by atoms with E-state index in [0.717, 1.165) is 5.69 Å². The lowest BCUT2D eigenvalue weighted by Crippen LogP contribution is -2.10. The third-order valence-electron chi connectivity index (χ3n) is 3.35. The molecule has 0 aliphatic carbocycles. The molecule has 0 saturated heterocycles. The van der Waals surface area contributed by atoms with E-state index in [1.807, 2.05) is 30.3 Å². The Bertz CT molecular complexity index is 946. The Balaban J connectivity index is 1.60. The molecule has 1 aromatic heterocycles. The summed E-state index contributed by atoms with van der Waals surface area (Å²) in [6.45, 7) is -0.164. The number of rotatable bonds is 6. The number of aromatic nitrogens is 3. The van der Waals surface area contributed by atoms with Gasteiger partial charge in [0, 0.05) is 11.8 Å². The van der Waals surface area contributed by atoms with Crippen molar-refractivity contribution in [2.24, 2.45) is 0 Å². The second-order valence-corrected chi connectivity index (χ2v) is 5.42. The molecule has 0 fully saturated rings. The minimum Gasteiger partial charge on any atom is -0.454 e. The first-order valence-corrected chi connectivity index (χ1v) is 8.01. The summed E-state index contributed by atoms with van der Waals surface area (Å²) in [5.41, 5.74) is 7.14. The molecule has 3 rings (SSSR count). The zero-order chi connectivity index (χ0) is 19.1. The minimum absolute atomic E-state index is 0.0105. The maximum Gasteiger partial charge on any atom is 0.331 e. The number of esters is 1. The number of carbonyl (C=O) groups excluding carboxylic acids is 1. The van der Waals surface area contributed by atoms with E-state index in [1.165, 1.54) is 24.3 Å². The van der Waals surface area contributed by atoms with E-state index in [2.05, 4.69) is 20.3 Å². The van der Waals surface area contributed by atoms with Gasteiger partial charge < -0.3 is 15.8 Å². The summed E-state index contributed by atoms with van der Waals surface area (Å²) in [4.78, 5) is 23.9. The normalized spacial score (nSPS) is 10.7. The highest BCUT2D eigenvalue weighted by atomic mass is 19.1.